The lowest BCUT2D eigenvalue weighted by atomic mass is 10.2. The zero-order valence-electron chi connectivity index (χ0n) is 16.7. The first-order chi connectivity index (χ1) is 14.4. The van der Waals surface area contributed by atoms with Crippen LogP contribution in [0.5, 0.6) is 5.75 Å². The van der Waals surface area contributed by atoms with Gasteiger partial charge in [0, 0.05) is 16.6 Å². The molecule has 0 heterocycles. The smallest absolute Gasteiger partial charge is 0.311 e. The third-order valence-electron chi connectivity index (χ3n) is 4.48. The number of ether oxygens (including phenoxy) is 1. The van der Waals surface area contributed by atoms with Crippen molar-refractivity contribution < 1.29 is 17.9 Å². The van der Waals surface area contributed by atoms with E-state index in [-0.39, 0.29) is 23.4 Å². The van der Waals surface area contributed by atoms with Crippen molar-refractivity contribution in [1.29, 1.82) is 0 Å². The molecule has 1 unspecified atom stereocenters. The number of hydrogen-bond donors (Lipinski definition) is 0. The molecule has 0 aromatic heterocycles. The quantitative estimate of drug-likeness (QED) is 0.256. The van der Waals surface area contributed by atoms with Crippen LogP contribution in [0.25, 0.3) is 0 Å². The van der Waals surface area contributed by atoms with Crippen LogP contribution in [0.1, 0.15) is 18.4 Å². The SMILES string of the molecule is Cc1ccc(S(=O)(=O)CC(CCC(=O)Oc2ccccc2)Sc2ccccc2)cc1. The average molecular weight is 441 g/mol. The van der Waals surface area contributed by atoms with Crippen molar-refractivity contribution in [3.05, 3.63) is 90.5 Å². The van der Waals surface area contributed by atoms with Crippen molar-refractivity contribution in [2.45, 2.75) is 34.8 Å². The molecule has 6 heteroatoms. The summed E-state index contributed by atoms with van der Waals surface area (Å²) in [6.45, 7) is 1.92. The van der Waals surface area contributed by atoms with Gasteiger partial charge in [-0.15, -0.1) is 11.8 Å². The highest BCUT2D eigenvalue weighted by molar-refractivity contribution is 8.01. The molecule has 3 rings (SSSR count). The molecule has 0 fully saturated rings. The van der Waals surface area contributed by atoms with E-state index in [1.165, 1.54) is 11.8 Å². The first kappa shape index (κ1) is 22.1. The average Bonchev–Trinajstić information content (AvgIpc) is 2.74. The van der Waals surface area contributed by atoms with Crippen LogP contribution < -0.4 is 4.74 Å². The van der Waals surface area contributed by atoms with Crippen molar-refractivity contribution >= 4 is 27.6 Å². The van der Waals surface area contributed by atoms with Gasteiger partial charge in [-0.25, -0.2) is 8.42 Å². The fraction of sp³-hybridized carbons (Fsp3) is 0.208. The van der Waals surface area contributed by atoms with Gasteiger partial charge in [0.2, 0.25) is 0 Å². The summed E-state index contributed by atoms with van der Waals surface area (Å²) >= 11 is 1.47. The Hall–Kier alpha value is -2.57. The normalized spacial score (nSPS) is 12.3. The molecule has 1 atom stereocenters. The maximum atomic E-state index is 13.0. The molecule has 0 N–H and O–H groups in total. The molecule has 3 aromatic carbocycles. The molecule has 4 nitrogen and oxygen atoms in total. The minimum atomic E-state index is -3.48. The van der Waals surface area contributed by atoms with E-state index >= 15 is 0 Å². The van der Waals surface area contributed by atoms with E-state index in [1.54, 1.807) is 48.5 Å². The van der Waals surface area contributed by atoms with E-state index in [1.807, 2.05) is 43.3 Å². The lowest BCUT2D eigenvalue weighted by Gasteiger charge is -2.17. The molecule has 0 saturated heterocycles. The van der Waals surface area contributed by atoms with Crippen LogP contribution in [0, 0.1) is 6.92 Å². The third-order valence-corrected chi connectivity index (χ3v) is 7.80. The van der Waals surface area contributed by atoms with Crippen LogP contribution in [0.3, 0.4) is 0 Å². The van der Waals surface area contributed by atoms with E-state index in [0.29, 0.717) is 17.1 Å². The van der Waals surface area contributed by atoms with Crippen molar-refractivity contribution in [1.82, 2.24) is 0 Å². The van der Waals surface area contributed by atoms with Gasteiger partial charge in [-0.1, -0.05) is 54.1 Å². The second-order valence-corrected chi connectivity index (χ2v) is 10.4. The van der Waals surface area contributed by atoms with Gasteiger partial charge in [0.25, 0.3) is 0 Å². The molecule has 0 aliphatic rings. The van der Waals surface area contributed by atoms with E-state index in [0.717, 1.165) is 10.5 Å². The molecule has 30 heavy (non-hydrogen) atoms. The number of para-hydroxylation sites is 1. The first-order valence-corrected chi connectivity index (χ1v) is 12.2. The molecule has 0 aliphatic carbocycles. The second-order valence-electron chi connectivity index (χ2n) is 6.97. The van der Waals surface area contributed by atoms with E-state index < -0.39 is 9.84 Å². The number of aryl methyl sites for hydroxylation is 1. The monoisotopic (exact) mass is 440 g/mol. The maximum Gasteiger partial charge on any atom is 0.311 e. The molecule has 156 valence electrons. The van der Waals surface area contributed by atoms with Gasteiger partial charge in [-0.05, 0) is 49.7 Å². The van der Waals surface area contributed by atoms with Crippen LogP contribution in [-0.4, -0.2) is 25.4 Å². The Bertz CT molecular complexity index is 1050. The molecule has 0 saturated carbocycles. The summed E-state index contributed by atoms with van der Waals surface area (Å²) in [5.41, 5.74) is 1.01. The molecule has 0 spiro atoms. The standard InChI is InChI=1S/C24H24O4S2/c1-19-12-15-23(16-13-19)30(26,27)18-22(29-21-10-6-3-7-11-21)14-17-24(25)28-20-8-4-2-5-9-20/h2-13,15-16,22H,14,17-18H2,1H3. The zero-order chi connectivity index (χ0) is 21.4. The summed E-state index contributed by atoms with van der Waals surface area (Å²) in [6.07, 6.45) is 0.541. The number of carbonyl (C=O) groups excluding carboxylic acids is 1. The van der Waals surface area contributed by atoms with Gasteiger partial charge in [0.15, 0.2) is 9.84 Å². The topological polar surface area (TPSA) is 60.4 Å². The van der Waals surface area contributed by atoms with E-state index in [2.05, 4.69) is 0 Å². The van der Waals surface area contributed by atoms with Crippen molar-refractivity contribution in [2.24, 2.45) is 0 Å². The van der Waals surface area contributed by atoms with E-state index in [9.17, 15) is 13.2 Å². The highest BCUT2D eigenvalue weighted by Crippen LogP contribution is 2.29. The Morgan fingerprint density at radius 1 is 0.900 bits per heavy atom. The molecular formula is C24H24O4S2. The Morgan fingerprint density at radius 3 is 2.13 bits per heavy atom. The number of carbonyl (C=O) groups is 1. The predicted molar refractivity (Wildman–Crippen MR) is 121 cm³/mol. The van der Waals surface area contributed by atoms with Crippen LogP contribution in [0.15, 0.2) is 94.7 Å². The van der Waals surface area contributed by atoms with Gasteiger partial charge >= 0.3 is 5.97 Å². The lowest BCUT2D eigenvalue weighted by molar-refractivity contribution is -0.134. The Balaban J connectivity index is 1.69. The van der Waals surface area contributed by atoms with Gasteiger partial charge in [-0.3, -0.25) is 4.79 Å². The summed E-state index contributed by atoms with van der Waals surface area (Å²) < 4.78 is 31.2. The summed E-state index contributed by atoms with van der Waals surface area (Å²) in [7, 11) is -3.48. The first-order valence-electron chi connectivity index (χ1n) is 9.69. The van der Waals surface area contributed by atoms with Crippen LogP contribution in [-0.2, 0) is 14.6 Å². The van der Waals surface area contributed by atoms with Gasteiger partial charge in [-0.2, -0.15) is 0 Å². The van der Waals surface area contributed by atoms with Gasteiger partial charge in [0.05, 0.1) is 10.6 Å². The summed E-state index contributed by atoms with van der Waals surface area (Å²) in [5.74, 6) is 0.0727. The van der Waals surface area contributed by atoms with E-state index in [4.69, 9.17) is 4.74 Å². The molecule has 0 radical (unpaired) electrons. The van der Waals surface area contributed by atoms with Crippen molar-refractivity contribution in [3.8, 4) is 5.75 Å². The summed E-state index contributed by atoms with van der Waals surface area (Å²) in [5, 5.41) is -0.276. The highest BCUT2D eigenvalue weighted by Gasteiger charge is 2.23. The van der Waals surface area contributed by atoms with Crippen LogP contribution in [0.2, 0.25) is 0 Å². The molecule has 0 bridgehead atoms. The number of thioether (sulfide) groups is 1. The van der Waals surface area contributed by atoms with Gasteiger partial charge in [0.1, 0.15) is 5.75 Å². The fourth-order valence-corrected chi connectivity index (χ4v) is 6.05. The molecule has 0 aliphatic heterocycles. The Kier molecular flexibility index (Phi) is 7.71. The van der Waals surface area contributed by atoms with Crippen LogP contribution >= 0.6 is 11.8 Å². The number of rotatable bonds is 9. The Morgan fingerprint density at radius 2 is 1.50 bits per heavy atom. The third kappa shape index (κ3) is 6.75. The predicted octanol–water partition coefficient (Wildman–Crippen LogP) is 5.32. The minimum Gasteiger partial charge on any atom is -0.427 e. The minimum absolute atomic E-state index is 0.0474. The number of esters is 1. The highest BCUT2D eigenvalue weighted by atomic mass is 32.2. The number of benzene rings is 3. The van der Waals surface area contributed by atoms with Gasteiger partial charge < -0.3 is 4.74 Å². The number of hydrogen-bond acceptors (Lipinski definition) is 5. The largest absolute Gasteiger partial charge is 0.427 e. The molecular weight excluding hydrogens is 416 g/mol. The lowest BCUT2D eigenvalue weighted by Crippen LogP contribution is -2.21. The second kappa shape index (κ2) is 10.5. The Labute approximate surface area is 182 Å². The molecule has 3 aromatic rings. The zero-order valence-corrected chi connectivity index (χ0v) is 18.4. The van der Waals surface area contributed by atoms with Crippen LogP contribution in [0.4, 0.5) is 0 Å². The van der Waals surface area contributed by atoms with Crippen molar-refractivity contribution in [3.63, 3.8) is 0 Å². The fourth-order valence-electron chi connectivity index (χ4n) is 2.90. The maximum absolute atomic E-state index is 13.0. The summed E-state index contributed by atoms with van der Waals surface area (Å²) in [6, 6.07) is 25.4. The summed E-state index contributed by atoms with van der Waals surface area (Å²) in [4.78, 5) is 13.5. The van der Waals surface area contributed by atoms with Crippen molar-refractivity contribution in [2.75, 3.05) is 5.75 Å². The molecule has 0 amide bonds. The number of sulfone groups is 1.